The van der Waals surface area contributed by atoms with E-state index in [1.165, 1.54) is 23.5 Å². The molecule has 0 aliphatic heterocycles. The third-order valence-electron chi connectivity index (χ3n) is 3.03. The molecule has 0 aliphatic rings. The van der Waals surface area contributed by atoms with Crippen molar-refractivity contribution in [2.45, 2.75) is 19.3 Å². The Morgan fingerprint density at radius 1 is 1.29 bits per heavy atom. The van der Waals surface area contributed by atoms with E-state index < -0.39 is 6.03 Å². The van der Waals surface area contributed by atoms with E-state index >= 15 is 0 Å². The van der Waals surface area contributed by atoms with Gasteiger partial charge < -0.3 is 16.0 Å². The zero-order valence-electron chi connectivity index (χ0n) is 12.1. The third-order valence-corrected chi connectivity index (χ3v) is 3.03. The molecule has 3 N–H and O–H groups in total. The topological polar surface area (TPSA) is 75.4 Å². The van der Waals surface area contributed by atoms with Crippen LogP contribution >= 0.6 is 0 Å². The first kappa shape index (κ1) is 16.9. The van der Waals surface area contributed by atoms with Crippen LogP contribution in [0.15, 0.2) is 24.3 Å². The lowest BCUT2D eigenvalue weighted by molar-refractivity contribution is -0.117. The second kappa shape index (κ2) is 8.94. The van der Waals surface area contributed by atoms with Gasteiger partial charge in [0.2, 0.25) is 5.91 Å². The van der Waals surface area contributed by atoms with Gasteiger partial charge in [-0.3, -0.25) is 4.79 Å². The van der Waals surface area contributed by atoms with E-state index in [0.717, 1.165) is 18.4 Å². The molecule has 0 unspecified atom stereocenters. The first-order chi connectivity index (χ1) is 9.99. The summed E-state index contributed by atoms with van der Waals surface area (Å²) in [6.07, 6.45) is 3.55. The molecule has 0 fully saturated rings. The van der Waals surface area contributed by atoms with Crippen LogP contribution in [0.3, 0.4) is 0 Å². The number of urea groups is 1. The molecule has 0 atom stereocenters. The molecular formula is C15H21FN3O2. The van der Waals surface area contributed by atoms with E-state index in [4.69, 9.17) is 5.73 Å². The van der Waals surface area contributed by atoms with Crippen molar-refractivity contribution in [3.8, 4) is 0 Å². The first-order valence-corrected chi connectivity index (χ1v) is 6.85. The maximum Gasteiger partial charge on any atom is 0.314 e. The van der Waals surface area contributed by atoms with Gasteiger partial charge in [0.1, 0.15) is 5.82 Å². The van der Waals surface area contributed by atoms with Crippen LogP contribution in [0.1, 0.15) is 18.4 Å². The lowest BCUT2D eigenvalue weighted by Gasteiger charge is -2.13. The smallest absolute Gasteiger partial charge is 0.314 e. The molecule has 1 radical (unpaired) electrons. The van der Waals surface area contributed by atoms with Gasteiger partial charge in [-0.25, -0.2) is 9.18 Å². The number of halogens is 1. The Kier molecular flexibility index (Phi) is 7.21. The average molecular weight is 294 g/mol. The van der Waals surface area contributed by atoms with Crippen molar-refractivity contribution in [2.24, 2.45) is 5.73 Å². The van der Waals surface area contributed by atoms with Gasteiger partial charge in [-0.15, -0.1) is 0 Å². The summed E-state index contributed by atoms with van der Waals surface area (Å²) in [5.41, 5.74) is 5.98. The van der Waals surface area contributed by atoms with Crippen molar-refractivity contribution in [2.75, 3.05) is 20.1 Å². The second-order valence-electron chi connectivity index (χ2n) is 4.79. The Balaban J connectivity index is 2.09. The minimum absolute atomic E-state index is 0.150. The number of primary amides is 1. The summed E-state index contributed by atoms with van der Waals surface area (Å²) in [7, 11) is 1.64. The predicted octanol–water partition coefficient (Wildman–Crippen LogP) is 1.48. The van der Waals surface area contributed by atoms with Gasteiger partial charge in [-0.2, -0.15) is 0 Å². The highest BCUT2D eigenvalue weighted by atomic mass is 19.1. The van der Waals surface area contributed by atoms with E-state index in [1.807, 2.05) is 0 Å². The molecule has 0 bridgehead atoms. The van der Waals surface area contributed by atoms with Gasteiger partial charge in [0, 0.05) is 20.1 Å². The number of benzene rings is 1. The van der Waals surface area contributed by atoms with Crippen LogP contribution < -0.4 is 11.1 Å². The van der Waals surface area contributed by atoms with Gasteiger partial charge in [-0.05, 0) is 37.0 Å². The molecule has 6 heteroatoms. The van der Waals surface area contributed by atoms with Gasteiger partial charge >= 0.3 is 6.03 Å². The number of hydrogen-bond acceptors (Lipinski definition) is 2. The Labute approximate surface area is 124 Å². The molecule has 1 aromatic rings. The van der Waals surface area contributed by atoms with Crippen LogP contribution in [0.2, 0.25) is 0 Å². The number of rotatable bonds is 8. The molecule has 0 heterocycles. The number of hydrogen-bond donors (Lipinski definition) is 2. The standard InChI is InChI=1S/C15H21FN3O2/c1-19(15(17)21)11-3-2-10-18-14(20)9-6-12-4-7-13(16)8-5-12/h4-5,7-9H,2-3,6,10-11H2,1H3,(H2,17,21)(H,18,20). The molecule has 0 saturated heterocycles. The molecule has 3 amide bonds. The van der Waals surface area contributed by atoms with Crippen molar-refractivity contribution in [3.05, 3.63) is 42.1 Å². The summed E-state index contributed by atoms with van der Waals surface area (Å²) in [6, 6.07) is 5.59. The van der Waals surface area contributed by atoms with Crippen molar-refractivity contribution in [3.63, 3.8) is 0 Å². The largest absolute Gasteiger partial charge is 0.356 e. The van der Waals surface area contributed by atoms with Crippen molar-refractivity contribution < 1.29 is 14.0 Å². The molecule has 5 nitrogen and oxygen atoms in total. The van der Waals surface area contributed by atoms with E-state index in [-0.39, 0.29) is 11.7 Å². The summed E-state index contributed by atoms with van der Waals surface area (Å²) in [4.78, 5) is 23.8. The number of amides is 3. The highest BCUT2D eigenvalue weighted by molar-refractivity contribution is 5.84. The molecule has 0 saturated carbocycles. The number of nitrogens with zero attached hydrogens (tertiary/aromatic N) is 1. The fourth-order valence-electron chi connectivity index (χ4n) is 1.70. The molecule has 0 spiro atoms. The molecule has 1 aromatic carbocycles. The lowest BCUT2D eigenvalue weighted by atomic mass is 10.1. The van der Waals surface area contributed by atoms with E-state index in [1.54, 1.807) is 19.2 Å². The Hall–Kier alpha value is -2.11. The maximum atomic E-state index is 12.7. The summed E-state index contributed by atoms with van der Waals surface area (Å²) < 4.78 is 12.7. The van der Waals surface area contributed by atoms with Crippen molar-refractivity contribution in [1.82, 2.24) is 10.2 Å². The monoisotopic (exact) mass is 294 g/mol. The normalized spacial score (nSPS) is 10.2. The quantitative estimate of drug-likeness (QED) is 0.713. The highest BCUT2D eigenvalue weighted by Crippen LogP contribution is 2.04. The van der Waals surface area contributed by atoms with Crippen LogP contribution in [0.5, 0.6) is 0 Å². The number of nitrogens with one attached hydrogen (secondary N) is 1. The third kappa shape index (κ3) is 7.29. The summed E-state index contributed by atoms with van der Waals surface area (Å²) in [5.74, 6) is -0.438. The van der Waals surface area contributed by atoms with Gasteiger partial charge in [-0.1, -0.05) is 12.1 Å². The van der Waals surface area contributed by atoms with E-state index in [2.05, 4.69) is 5.32 Å². The summed E-state index contributed by atoms with van der Waals surface area (Å²) >= 11 is 0. The number of unbranched alkanes of at least 4 members (excludes halogenated alkanes) is 1. The Bertz CT molecular complexity index is 462. The average Bonchev–Trinajstić information content (AvgIpc) is 2.46. The highest BCUT2D eigenvalue weighted by Gasteiger charge is 2.04. The minimum atomic E-state index is -0.452. The second-order valence-corrected chi connectivity index (χ2v) is 4.79. The molecule has 1 rings (SSSR count). The minimum Gasteiger partial charge on any atom is -0.356 e. The van der Waals surface area contributed by atoms with Crippen molar-refractivity contribution >= 4 is 11.9 Å². The SMILES string of the molecule is CN(CCCCNC(=O)[CH]Cc1ccc(F)cc1)C(N)=O. The summed E-state index contributed by atoms with van der Waals surface area (Å²) in [5, 5.41) is 2.76. The Morgan fingerprint density at radius 3 is 2.57 bits per heavy atom. The molecule has 115 valence electrons. The maximum absolute atomic E-state index is 12.7. The molecule has 0 aliphatic carbocycles. The van der Waals surface area contributed by atoms with Crippen LogP contribution in [0.4, 0.5) is 9.18 Å². The molecule has 0 aromatic heterocycles. The van der Waals surface area contributed by atoms with Crippen LogP contribution in [-0.4, -0.2) is 37.0 Å². The predicted molar refractivity (Wildman–Crippen MR) is 78.9 cm³/mol. The fraction of sp³-hybridized carbons (Fsp3) is 0.400. The van der Waals surface area contributed by atoms with E-state index in [9.17, 15) is 14.0 Å². The zero-order valence-corrected chi connectivity index (χ0v) is 12.1. The molecular weight excluding hydrogens is 273 g/mol. The lowest BCUT2D eigenvalue weighted by Crippen LogP contribution is -2.33. The number of carbonyl (C=O) groups excluding carboxylic acids is 2. The number of nitrogens with two attached hydrogens (primary N) is 1. The zero-order chi connectivity index (χ0) is 15.7. The van der Waals surface area contributed by atoms with Gasteiger partial charge in [0.15, 0.2) is 0 Å². The molecule has 21 heavy (non-hydrogen) atoms. The Morgan fingerprint density at radius 2 is 1.95 bits per heavy atom. The summed E-state index contributed by atoms with van der Waals surface area (Å²) in [6.45, 7) is 1.12. The van der Waals surface area contributed by atoms with Gasteiger partial charge in [0.25, 0.3) is 0 Å². The fourth-order valence-corrected chi connectivity index (χ4v) is 1.70. The van der Waals surface area contributed by atoms with Gasteiger partial charge in [0.05, 0.1) is 6.42 Å². The van der Waals surface area contributed by atoms with Crippen LogP contribution in [0.25, 0.3) is 0 Å². The number of carbonyl (C=O) groups is 2. The van der Waals surface area contributed by atoms with Crippen LogP contribution in [0, 0.1) is 12.2 Å². The van der Waals surface area contributed by atoms with E-state index in [0.29, 0.717) is 19.5 Å². The van der Waals surface area contributed by atoms with Crippen LogP contribution in [-0.2, 0) is 11.2 Å². The first-order valence-electron chi connectivity index (χ1n) is 6.85. The van der Waals surface area contributed by atoms with Crippen molar-refractivity contribution in [1.29, 1.82) is 0 Å².